The highest BCUT2D eigenvalue weighted by molar-refractivity contribution is 7.08. The number of rotatable bonds is 7. The molecule has 0 bridgehead atoms. The number of aliphatic hydroxyl groups is 1. The largest absolute Gasteiger partial charge is 0.396 e. The summed E-state index contributed by atoms with van der Waals surface area (Å²) in [4.78, 5) is 12.6. The molecule has 0 saturated carbocycles. The van der Waals surface area contributed by atoms with E-state index in [1.54, 1.807) is 0 Å². The predicted molar refractivity (Wildman–Crippen MR) is 67.2 cm³/mol. The van der Waals surface area contributed by atoms with Crippen molar-refractivity contribution in [1.82, 2.24) is 14.9 Å². The van der Waals surface area contributed by atoms with Crippen molar-refractivity contribution in [1.29, 1.82) is 0 Å². The van der Waals surface area contributed by atoms with Gasteiger partial charge in [0.15, 0.2) is 0 Å². The minimum absolute atomic E-state index is 0.0177. The summed E-state index contributed by atoms with van der Waals surface area (Å²) in [5.74, 6) is -0.122. The van der Waals surface area contributed by atoms with Crippen LogP contribution >= 0.6 is 11.5 Å². The molecule has 0 aliphatic heterocycles. The maximum atomic E-state index is 12.0. The Hall–Kier alpha value is -1.01. The zero-order chi connectivity index (χ0) is 12.7. The van der Waals surface area contributed by atoms with Crippen LogP contribution in [0.4, 0.5) is 0 Å². The van der Waals surface area contributed by atoms with Crippen LogP contribution in [0.15, 0.2) is 0 Å². The Labute approximate surface area is 105 Å². The molecule has 6 heteroatoms. The Bertz CT molecular complexity index is 354. The van der Waals surface area contributed by atoms with Crippen LogP contribution in [0.2, 0.25) is 0 Å². The van der Waals surface area contributed by atoms with Crippen LogP contribution in [0.1, 0.15) is 48.5 Å². The number of nitrogens with zero attached hydrogens (tertiary/aromatic N) is 2. The van der Waals surface area contributed by atoms with Crippen molar-refractivity contribution in [2.45, 2.75) is 45.6 Å². The Morgan fingerprint density at radius 2 is 2.29 bits per heavy atom. The molecule has 0 aliphatic rings. The van der Waals surface area contributed by atoms with Crippen molar-refractivity contribution >= 4 is 17.4 Å². The minimum atomic E-state index is -0.122. The monoisotopic (exact) mass is 257 g/mol. The summed E-state index contributed by atoms with van der Waals surface area (Å²) in [5.41, 5.74) is 0.772. The molecule has 1 aromatic heterocycles. The SMILES string of the molecule is CCCc1nnsc1C(=O)NC(CC)CCO. The van der Waals surface area contributed by atoms with Crippen LogP contribution in [0, 0.1) is 0 Å². The topological polar surface area (TPSA) is 75.1 Å². The molecule has 0 fully saturated rings. The van der Waals surface area contributed by atoms with Gasteiger partial charge in [-0.15, -0.1) is 5.10 Å². The van der Waals surface area contributed by atoms with Gasteiger partial charge in [-0.05, 0) is 30.8 Å². The molecule has 96 valence electrons. The smallest absolute Gasteiger partial charge is 0.265 e. The summed E-state index contributed by atoms with van der Waals surface area (Å²) in [6.45, 7) is 4.11. The molecule has 1 atom stereocenters. The van der Waals surface area contributed by atoms with Gasteiger partial charge in [0.2, 0.25) is 0 Å². The summed E-state index contributed by atoms with van der Waals surface area (Å²) >= 11 is 1.13. The van der Waals surface area contributed by atoms with Gasteiger partial charge in [0, 0.05) is 12.6 Å². The second-order valence-electron chi connectivity index (χ2n) is 3.89. The number of carbonyl (C=O) groups excluding carboxylic acids is 1. The molecule has 1 heterocycles. The normalized spacial score (nSPS) is 12.4. The summed E-state index contributed by atoms with van der Waals surface area (Å²) in [6, 6.07) is 0.0177. The predicted octanol–water partition coefficient (Wildman–Crippen LogP) is 1.38. The van der Waals surface area contributed by atoms with Crippen molar-refractivity contribution in [2.24, 2.45) is 0 Å². The summed E-state index contributed by atoms with van der Waals surface area (Å²) in [6.07, 6.45) is 3.11. The number of amides is 1. The highest BCUT2D eigenvalue weighted by Gasteiger charge is 2.18. The van der Waals surface area contributed by atoms with E-state index in [1.165, 1.54) is 0 Å². The lowest BCUT2D eigenvalue weighted by atomic mass is 10.1. The van der Waals surface area contributed by atoms with E-state index in [2.05, 4.69) is 14.9 Å². The van der Waals surface area contributed by atoms with Gasteiger partial charge < -0.3 is 10.4 Å². The second-order valence-corrected chi connectivity index (χ2v) is 4.64. The van der Waals surface area contributed by atoms with Crippen LogP contribution in [0.3, 0.4) is 0 Å². The number of aryl methyl sites for hydroxylation is 1. The highest BCUT2D eigenvalue weighted by Crippen LogP contribution is 2.13. The van der Waals surface area contributed by atoms with Crippen LogP contribution < -0.4 is 5.32 Å². The lowest BCUT2D eigenvalue weighted by Gasteiger charge is -2.14. The summed E-state index contributed by atoms with van der Waals surface area (Å²) in [5, 5.41) is 15.7. The van der Waals surface area contributed by atoms with E-state index >= 15 is 0 Å². The molecule has 1 unspecified atom stereocenters. The van der Waals surface area contributed by atoms with Crippen molar-refractivity contribution in [3.8, 4) is 0 Å². The summed E-state index contributed by atoms with van der Waals surface area (Å²) in [7, 11) is 0. The molecule has 0 saturated heterocycles. The molecule has 0 radical (unpaired) electrons. The average Bonchev–Trinajstić information content (AvgIpc) is 2.77. The zero-order valence-electron chi connectivity index (χ0n) is 10.3. The summed E-state index contributed by atoms with van der Waals surface area (Å²) < 4.78 is 3.82. The minimum Gasteiger partial charge on any atom is -0.396 e. The first kappa shape index (κ1) is 14.1. The third-order valence-electron chi connectivity index (χ3n) is 2.55. The van der Waals surface area contributed by atoms with Crippen LogP contribution in [-0.2, 0) is 6.42 Å². The highest BCUT2D eigenvalue weighted by atomic mass is 32.1. The second kappa shape index (κ2) is 7.34. The Kier molecular flexibility index (Phi) is 6.07. The van der Waals surface area contributed by atoms with Crippen molar-refractivity contribution in [3.63, 3.8) is 0 Å². The molecule has 1 rings (SSSR count). The van der Waals surface area contributed by atoms with Gasteiger partial charge in [-0.3, -0.25) is 4.79 Å². The van der Waals surface area contributed by atoms with Gasteiger partial charge >= 0.3 is 0 Å². The molecular weight excluding hydrogens is 238 g/mol. The van der Waals surface area contributed by atoms with E-state index in [1.807, 2.05) is 13.8 Å². The van der Waals surface area contributed by atoms with Crippen molar-refractivity contribution < 1.29 is 9.90 Å². The van der Waals surface area contributed by atoms with E-state index in [0.29, 0.717) is 11.3 Å². The standard InChI is InChI=1S/C11H19N3O2S/c1-3-5-9-10(17-14-13-9)11(16)12-8(4-2)6-7-15/h8,15H,3-7H2,1-2H3,(H,12,16). The van der Waals surface area contributed by atoms with E-state index in [4.69, 9.17) is 5.11 Å². The maximum Gasteiger partial charge on any atom is 0.265 e. The van der Waals surface area contributed by atoms with Gasteiger partial charge in [0.05, 0.1) is 5.69 Å². The fraction of sp³-hybridized carbons (Fsp3) is 0.727. The Balaban J connectivity index is 2.64. The van der Waals surface area contributed by atoms with Gasteiger partial charge in [0.1, 0.15) is 4.88 Å². The third kappa shape index (κ3) is 4.05. The number of aromatic nitrogens is 2. The fourth-order valence-corrected chi connectivity index (χ4v) is 2.18. The van der Waals surface area contributed by atoms with Gasteiger partial charge in [-0.1, -0.05) is 24.8 Å². The molecule has 2 N–H and O–H groups in total. The lowest BCUT2D eigenvalue weighted by Crippen LogP contribution is -2.35. The molecule has 0 aliphatic carbocycles. The first-order valence-electron chi connectivity index (χ1n) is 5.95. The zero-order valence-corrected chi connectivity index (χ0v) is 11.1. The number of hydrogen-bond acceptors (Lipinski definition) is 5. The average molecular weight is 257 g/mol. The van der Waals surface area contributed by atoms with Gasteiger partial charge in [-0.25, -0.2) is 0 Å². The molecule has 17 heavy (non-hydrogen) atoms. The first-order chi connectivity index (χ1) is 8.22. The van der Waals surface area contributed by atoms with E-state index in [9.17, 15) is 4.79 Å². The van der Waals surface area contributed by atoms with E-state index in [0.717, 1.165) is 36.5 Å². The quantitative estimate of drug-likeness (QED) is 0.774. The van der Waals surface area contributed by atoms with Gasteiger partial charge in [-0.2, -0.15) is 0 Å². The van der Waals surface area contributed by atoms with E-state index in [-0.39, 0.29) is 18.6 Å². The molecule has 0 spiro atoms. The Morgan fingerprint density at radius 3 is 2.88 bits per heavy atom. The van der Waals surface area contributed by atoms with Crippen LogP contribution in [-0.4, -0.2) is 33.2 Å². The number of aliphatic hydroxyl groups excluding tert-OH is 1. The number of nitrogens with one attached hydrogen (secondary N) is 1. The first-order valence-corrected chi connectivity index (χ1v) is 6.73. The Morgan fingerprint density at radius 1 is 1.53 bits per heavy atom. The molecular formula is C11H19N3O2S. The van der Waals surface area contributed by atoms with Crippen LogP contribution in [0.25, 0.3) is 0 Å². The number of hydrogen-bond donors (Lipinski definition) is 2. The van der Waals surface area contributed by atoms with Crippen molar-refractivity contribution in [3.05, 3.63) is 10.6 Å². The molecule has 1 aromatic rings. The lowest BCUT2D eigenvalue weighted by molar-refractivity contribution is 0.0932. The molecule has 5 nitrogen and oxygen atoms in total. The maximum absolute atomic E-state index is 12.0. The van der Waals surface area contributed by atoms with E-state index < -0.39 is 0 Å². The number of carbonyl (C=O) groups is 1. The fourth-order valence-electron chi connectivity index (χ4n) is 1.57. The molecule has 0 aromatic carbocycles. The van der Waals surface area contributed by atoms with Crippen molar-refractivity contribution in [2.75, 3.05) is 6.61 Å². The third-order valence-corrected chi connectivity index (χ3v) is 3.32. The molecule has 1 amide bonds. The van der Waals surface area contributed by atoms with Gasteiger partial charge in [0.25, 0.3) is 5.91 Å². The van der Waals surface area contributed by atoms with Crippen LogP contribution in [0.5, 0.6) is 0 Å².